The average molecular weight is 304 g/mol. The summed E-state index contributed by atoms with van der Waals surface area (Å²) in [5, 5.41) is 17.2. The summed E-state index contributed by atoms with van der Waals surface area (Å²) >= 11 is 0. The lowest BCUT2D eigenvalue weighted by molar-refractivity contribution is 0.0837. The number of carbonyl (C=O) groups excluding carboxylic acids is 1. The number of amides is 1. The summed E-state index contributed by atoms with van der Waals surface area (Å²) in [6, 6.07) is 0. The summed E-state index contributed by atoms with van der Waals surface area (Å²) in [5.41, 5.74) is 3.53. The van der Waals surface area contributed by atoms with Gasteiger partial charge < -0.3 is 10.1 Å². The molecule has 0 radical (unpaired) electrons. The lowest BCUT2D eigenvalue weighted by atomic mass is 9.94. The number of H-pyrrole nitrogens is 1. The molecule has 22 heavy (non-hydrogen) atoms. The molecule has 1 fully saturated rings. The van der Waals surface area contributed by atoms with Gasteiger partial charge in [0.2, 0.25) is 0 Å². The number of aryl methyl sites for hydroxylation is 2. The van der Waals surface area contributed by atoms with Crippen LogP contribution in [0.4, 0.5) is 0 Å². The van der Waals surface area contributed by atoms with Crippen molar-refractivity contribution in [3.05, 3.63) is 28.8 Å². The number of carbonyl (C=O) groups is 1. The zero-order valence-electron chi connectivity index (χ0n) is 13.0. The number of nitrogens with zero attached hydrogens (tertiary/aromatic N) is 4. The summed E-state index contributed by atoms with van der Waals surface area (Å²) < 4.78 is 7.78. The second kappa shape index (κ2) is 5.88. The number of nitrogens with one attached hydrogen (secondary N) is 2. The van der Waals surface area contributed by atoms with Crippen LogP contribution in [0.5, 0.6) is 0 Å². The van der Waals surface area contributed by atoms with Crippen molar-refractivity contribution in [3.63, 3.8) is 0 Å². The second-order valence-corrected chi connectivity index (χ2v) is 5.61. The van der Waals surface area contributed by atoms with E-state index in [2.05, 4.69) is 25.8 Å². The Morgan fingerprint density at radius 2 is 2.36 bits per heavy atom. The van der Waals surface area contributed by atoms with Gasteiger partial charge in [-0.25, -0.2) is 0 Å². The van der Waals surface area contributed by atoms with Crippen molar-refractivity contribution in [2.24, 2.45) is 13.0 Å². The molecule has 0 aliphatic carbocycles. The molecule has 0 saturated carbocycles. The van der Waals surface area contributed by atoms with Gasteiger partial charge in [0, 0.05) is 37.4 Å². The number of hydrogen-bond donors (Lipinski definition) is 2. The third-order valence-corrected chi connectivity index (χ3v) is 4.24. The summed E-state index contributed by atoms with van der Waals surface area (Å²) in [7, 11) is 1.93. The summed E-state index contributed by atoms with van der Waals surface area (Å²) in [6.07, 6.45) is 2.30. The van der Waals surface area contributed by atoms with Crippen molar-refractivity contribution < 1.29 is 9.53 Å². The van der Waals surface area contributed by atoms with Gasteiger partial charge in [0.05, 0.1) is 18.0 Å². The van der Waals surface area contributed by atoms with Crippen LogP contribution < -0.4 is 5.32 Å². The Morgan fingerprint density at radius 1 is 1.55 bits per heavy atom. The van der Waals surface area contributed by atoms with Crippen LogP contribution in [-0.4, -0.2) is 44.3 Å². The van der Waals surface area contributed by atoms with Crippen LogP contribution in [0, 0.1) is 19.8 Å². The maximum atomic E-state index is 12.0. The fourth-order valence-electron chi connectivity index (χ4n) is 2.99. The lowest BCUT2D eigenvalue weighted by Gasteiger charge is -2.19. The first kappa shape index (κ1) is 14.7. The normalized spacial score (nSPS) is 21.2. The first-order chi connectivity index (χ1) is 10.6. The van der Waals surface area contributed by atoms with E-state index in [0.717, 1.165) is 23.4 Å². The van der Waals surface area contributed by atoms with Crippen molar-refractivity contribution >= 4 is 5.91 Å². The van der Waals surface area contributed by atoms with Gasteiger partial charge in [-0.1, -0.05) is 0 Å². The third kappa shape index (κ3) is 2.61. The molecular weight excluding hydrogens is 284 g/mol. The molecule has 1 amide bonds. The van der Waals surface area contributed by atoms with Crippen molar-refractivity contribution in [1.29, 1.82) is 0 Å². The van der Waals surface area contributed by atoms with Crippen LogP contribution in [-0.2, 0) is 11.8 Å². The molecule has 1 saturated heterocycles. The Balaban J connectivity index is 1.70. The van der Waals surface area contributed by atoms with Gasteiger partial charge >= 0.3 is 0 Å². The van der Waals surface area contributed by atoms with Crippen molar-refractivity contribution in [2.75, 3.05) is 13.2 Å². The van der Waals surface area contributed by atoms with Crippen LogP contribution >= 0.6 is 0 Å². The van der Waals surface area contributed by atoms with E-state index in [0.29, 0.717) is 18.8 Å². The van der Waals surface area contributed by atoms with Gasteiger partial charge in [0.15, 0.2) is 5.69 Å². The van der Waals surface area contributed by atoms with Crippen molar-refractivity contribution in [2.45, 2.75) is 26.4 Å². The number of rotatable bonds is 4. The second-order valence-electron chi connectivity index (χ2n) is 5.61. The highest BCUT2D eigenvalue weighted by Gasteiger charge is 2.33. The zero-order valence-corrected chi connectivity index (χ0v) is 13.0. The maximum Gasteiger partial charge on any atom is 0.273 e. The van der Waals surface area contributed by atoms with Crippen molar-refractivity contribution in [3.8, 4) is 0 Å². The number of ether oxygens (including phenoxy) is 1. The Bertz CT molecular complexity index is 663. The molecule has 0 spiro atoms. The topological polar surface area (TPSA) is 97.7 Å². The Kier molecular flexibility index (Phi) is 3.93. The smallest absolute Gasteiger partial charge is 0.273 e. The summed E-state index contributed by atoms with van der Waals surface area (Å²) in [5.74, 6) is 0.0106. The van der Waals surface area contributed by atoms with Gasteiger partial charge in [-0.2, -0.15) is 20.5 Å². The molecule has 118 valence electrons. The summed E-state index contributed by atoms with van der Waals surface area (Å²) in [6.45, 7) is 5.28. The van der Waals surface area contributed by atoms with E-state index in [-0.39, 0.29) is 17.9 Å². The fourth-order valence-corrected chi connectivity index (χ4v) is 2.99. The lowest BCUT2D eigenvalue weighted by Crippen LogP contribution is -2.31. The molecule has 1 aliphatic heterocycles. The standard InChI is InChI=1S/C14H20N6O2/c1-8-12(9(2)20(3)18-8)13-10(4-5-22-13)6-15-14(21)11-7-16-19-17-11/h7,10,13H,4-6H2,1-3H3,(H,15,21)(H,16,17,19)/t10-,13+/m1/s1. The molecule has 1 aliphatic rings. The minimum atomic E-state index is -0.223. The molecule has 3 heterocycles. The van der Waals surface area contributed by atoms with E-state index >= 15 is 0 Å². The van der Waals surface area contributed by atoms with Gasteiger partial charge in [-0.05, 0) is 20.3 Å². The zero-order chi connectivity index (χ0) is 15.7. The third-order valence-electron chi connectivity index (χ3n) is 4.24. The highest BCUT2D eigenvalue weighted by Crippen LogP contribution is 2.37. The van der Waals surface area contributed by atoms with Gasteiger partial charge in [-0.3, -0.25) is 9.48 Å². The van der Waals surface area contributed by atoms with E-state index in [1.807, 2.05) is 25.6 Å². The van der Waals surface area contributed by atoms with E-state index in [9.17, 15) is 4.79 Å². The van der Waals surface area contributed by atoms with E-state index < -0.39 is 0 Å². The SMILES string of the molecule is Cc1nn(C)c(C)c1[C@H]1OCC[C@@H]1CNC(=O)c1cn[nH]n1. The molecule has 8 nitrogen and oxygen atoms in total. The molecule has 3 rings (SSSR count). The molecule has 2 atom stereocenters. The highest BCUT2D eigenvalue weighted by molar-refractivity contribution is 5.91. The van der Waals surface area contributed by atoms with Gasteiger partial charge in [0.1, 0.15) is 0 Å². The molecule has 2 N–H and O–H groups in total. The van der Waals surface area contributed by atoms with Crippen LogP contribution in [0.2, 0.25) is 0 Å². The van der Waals surface area contributed by atoms with Gasteiger partial charge in [-0.15, -0.1) is 0 Å². The molecule has 0 bridgehead atoms. The van der Waals surface area contributed by atoms with E-state index in [4.69, 9.17) is 4.74 Å². The predicted molar refractivity (Wildman–Crippen MR) is 78.2 cm³/mol. The van der Waals surface area contributed by atoms with Crippen LogP contribution in [0.15, 0.2) is 6.20 Å². The minimum Gasteiger partial charge on any atom is -0.373 e. The number of hydrogen-bond acceptors (Lipinski definition) is 5. The molecule has 2 aromatic rings. The summed E-state index contributed by atoms with van der Waals surface area (Å²) in [4.78, 5) is 12.0. The largest absolute Gasteiger partial charge is 0.373 e. The fraction of sp³-hybridized carbons (Fsp3) is 0.571. The highest BCUT2D eigenvalue weighted by atomic mass is 16.5. The minimum absolute atomic E-state index is 0.0219. The van der Waals surface area contributed by atoms with Crippen LogP contribution in [0.1, 0.15) is 40.0 Å². The average Bonchev–Trinajstić information content (AvgIpc) is 3.20. The monoisotopic (exact) mass is 304 g/mol. The molecular formula is C14H20N6O2. The Labute approximate surface area is 128 Å². The first-order valence-electron chi connectivity index (χ1n) is 7.33. The molecule has 2 aromatic heterocycles. The quantitative estimate of drug-likeness (QED) is 0.865. The Hall–Kier alpha value is -2.22. The molecule has 0 aromatic carbocycles. The molecule has 0 unspecified atom stereocenters. The first-order valence-corrected chi connectivity index (χ1v) is 7.33. The maximum absolute atomic E-state index is 12.0. The number of aromatic nitrogens is 5. The number of aromatic amines is 1. The van der Waals surface area contributed by atoms with E-state index in [1.165, 1.54) is 6.20 Å². The van der Waals surface area contributed by atoms with Crippen LogP contribution in [0.25, 0.3) is 0 Å². The van der Waals surface area contributed by atoms with E-state index in [1.54, 1.807) is 0 Å². The van der Waals surface area contributed by atoms with Crippen LogP contribution in [0.3, 0.4) is 0 Å². The molecule has 8 heteroatoms. The van der Waals surface area contributed by atoms with Gasteiger partial charge in [0.25, 0.3) is 5.91 Å². The Morgan fingerprint density at radius 3 is 3.00 bits per heavy atom. The van der Waals surface area contributed by atoms with Crippen molar-refractivity contribution in [1.82, 2.24) is 30.5 Å². The predicted octanol–water partition coefficient (Wildman–Crippen LogP) is 0.663.